The van der Waals surface area contributed by atoms with E-state index in [0.717, 1.165) is 6.07 Å². The molecule has 8 heteroatoms. The Hall–Kier alpha value is -2.90. The molecule has 1 aromatic carbocycles. The van der Waals surface area contributed by atoms with E-state index >= 15 is 0 Å². The van der Waals surface area contributed by atoms with Crippen LogP contribution >= 0.6 is 0 Å². The Kier molecular flexibility index (Phi) is 4.50. The lowest BCUT2D eigenvalue weighted by Gasteiger charge is -2.14. The fraction of sp³-hybridized carbons (Fsp3) is 0.154. The molecule has 1 aromatic heterocycles. The van der Waals surface area contributed by atoms with Gasteiger partial charge in [-0.05, 0) is 18.2 Å². The number of aromatic nitrogens is 2. The second kappa shape index (κ2) is 6.51. The highest BCUT2D eigenvalue weighted by atomic mass is 19.1. The van der Waals surface area contributed by atoms with Gasteiger partial charge in [-0.1, -0.05) is 6.07 Å². The Morgan fingerprint density at radius 1 is 1.43 bits per heavy atom. The van der Waals surface area contributed by atoms with E-state index in [0.29, 0.717) is 5.69 Å². The number of amides is 2. The van der Waals surface area contributed by atoms with E-state index in [4.69, 9.17) is 5.11 Å². The summed E-state index contributed by atoms with van der Waals surface area (Å²) in [4.78, 5) is 29.4. The number of carbonyl (C=O) groups excluding carboxylic acids is 1. The van der Waals surface area contributed by atoms with Crippen molar-refractivity contribution in [2.24, 2.45) is 0 Å². The van der Waals surface area contributed by atoms with Gasteiger partial charge in [-0.3, -0.25) is 0 Å². The number of rotatable bonds is 5. The summed E-state index contributed by atoms with van der Waals surface area (Å²) in [7, 11) is 0. The third-order valence-corrected chi connectivity index (χ3v) is 2.66. The number of hydrogen-bond acceptors (Lipinski definition) is 3. The van der Waals surface area contributed by atoms with Gasteiger partial charge in [-0.2, -0.15) is 0 Å². The molecule has 0 aliphatic heterocycles. The smallest absolute Gasteiger partial charge is 0.326 e. The molecule has 0 unspecified atom stereocenters. The summed E-state index contributed by atoms with van der Waals surface area (Å²) in [6, 6.07) is 3.44. The van der Waals surface area contributed by atoms with E-state index in [9.17, 15) is 14.0 Å². The van der Waals surface area contributed by atoms with Gasteiger partial charge in [0.1, 0.15) is 11.9 Å². The number of aromatic amines is 1. The number of hydrogen-bond donors (Lipinski definition) is 4. The van der Waals surface area contributed by atoms with Crippen LogP contribution in [0.5, 0.6) is 0 Å². The first-order valence-corrected chi connectivity index (χ1v) is 6.08. The summed E-state index contributed by atoms with van der Waals surface area (Å²) < 4.78 is 13.0. The molecule has 4 N–H and O–H groups in total. The quantitative estimate of drug-likeness (QED) is 0.667. The molecule has 0 fully saturated rings. The highest BCUT2D eigenvalue weighted by molar-refractivity contribution is 5.92. The normalized spacial score (nSPS) is 11.7. The van der Waals surface area contributed by atoms with Crippen LogP contribution in [0.2, 0.25) is 0 Å². The van der Waals surface area contributed by atoms with Crippen molar-refractivity contribution in [3.05, 3.63) is 48.3 Å². The van der Waals surface area contributed by atoms with Gasteiger partial charge < -0.3 is 20.7 Å². The molecule has 0 radical (unpaired) electrons. The monoisotopic (exact) mass is 292 g/mol. The van der Waals surface area contributed by atoms with Crippen molar-refractivity contribution in [2.75, 3.05) is 5.32 Å². The molecular weight excluding hydrogens is 279 g/mol. The van der Waals surface area contributed by atoms with Gasteiger partial charge in [0, 0.05) is 24.0 Å². The van der Waals surface area contributed by atoms with Gasteiger partial charge in [0.15, 0.2) is 0 Å². The number of anilines is 1. The van der Waals surface area contributed by atoms with Gasteiger partial charge in [0.25, 0.3) is 0 Å². The lowest BCUT2D eigenvalue weighted by atomic mass is 10.2. The van der Waals surface area contributed by atoms with Crippen LogP contribution < -0.4 is 10.6 Å². The van der Waals surface area contributed by atoms with Crippen LogP contribution in [0.15, 0.2) is 36.8 Å². The number of carbonyl (C=O) groups is 2. The van der Waals surface area contributed by atoms with Crippen LogP contribution in [0.1, 0.15) is 5.69 Å². The topological polar surface area (TPSA) is 107 Å². The van der Waals surface area contributed by atoms with Gasteiger partial charge in [-0.15, -0.1) is 0 Å². The highest BCUT2D eigenvalue weighted by Crippen LogP contribution is 2.09. The summed E-state index contributed by atoms with van der Waals surface area (Å²) in [5.41, 5.74) is 0.812. The molecule has 1 heterocycles. The Morgan fingerprint density at radius 3 is 2.86 bits per heavy atom. The zero-order chi connectivity index (χ0) is 15.2. The maximum absolute atomic E-state index is 13.0. The molecule has 0 aliphatic rings. The lowest BCUT2D eigenvalue weighted by molar-refractivity contribution is -0.139. The highest BCUT2D eigenvalue weighted by Gasteiger charge is 2.21. The largest absolute Gasteiger partial charge is 0.480 e. The third kappa shape index (κ3) is 4.30. The minimum atomic E-state index is -1.18. The van der Waals surface area contributed by atoms with E-state index in [1.54, 1.807) is 0 Å². The number of carboxylic acid groups (broad SMARTS) is 1. The number of aliphatic carboxylic acids is 1. The molecule has 0 spiro atoms. The molecule has 2 aromatic rings. The van der Waals surface area contributed by atoms with Gasteiger partial charge in [0.05, 0.1) is 6.33 Å². The van der Waals surface area contributed by atoms with Crippen LogP contribution in [-0.4, -0.2) is 33.1 Å². The number of H-pyrrole nitrogens is 1. The predicted molar refractivity (Wildman–Crippen MR) is 72.3 cm³/mol. The number of urea groups is 1. The van der Waals surface area contributed by atoms with Gasteiger partial charge in [-0.25, -0.2) is 19.0 Å². The molecule has 2 amide bonds. The lowest BCUT2D eigenvalue weighted by Crippen LogP contribution is -2.44. The molecule has 0 aliphatic carbocycles. The number of nitrogens with zero attached hydrogens (tertiary/aromatic N) is 1. The molecule has 0 bridgehead atoms. The number of benzene rings is 1. The van der Waals surface area contributed by atoms with Crippen LogP contribution in [0.4, 0.5) is 14.9 Å². The van der Waals surface area contributed by atoms with Crippen molar-refractivity contribution in [2.45, 2.75) is 12.5 Å². The number of carboxylic acids is 1. The number of nitrogens with one attached hydrogen (secondary N) is 3. The Bertz CT molecular complexity index is 630. The van der Waals surface area contributed by atoms with Crippen molar-refractivity contribution >= 4 is 17.7 Å². The maximum atomic E-state index is 13.0. The Morgan fingerprint density at radius 2 is 2.24 bits per heavy atom. The second-order valence-corrected chi connectivity index (χ2v) is 4.28. The van der Waals surface area contributed by atoms with Gasteiger partial charge >= 0.3 is 12.0 Å². The molecule has 110 valence electrons. The molecular formula is C13H13FN4O3. The van der Waals surface area contributed by atoms with E-state index in [1.165, 1.54) is 30.7 Å². The Labute approximate surface area is 119 Å². The van der Waals surface area contributed by atoms with Crippen molar-refractivity contribution in [3.63, 3.8) is 0 Å². The average molecular weight is 292 g/mol. The van der Waals surface area contributed by atoms with Crippen molar-refractivity contribution in [1.82, 2.24) is 15.3 Å². The van der Waals surface area contributed by atoms with Crippen LogP contribution in [-0.2, 0) is 11.2 Å². The Balaban J connectivity index is 1.96. The van der Waals surface area contributed by atoms with E-state index in [-0.39, 0.29) is 12.1 Å². The predicted octanol–water partition coefficient (Wildman–Crippen LogP) is 1.37. The van der Waals surface area contributed by atoms with Gasteiger partial charge in [0.2, 0.25) is 0 Å². The van der Waals surface area contributed by atoms with Crippen LogP contribution in [0, 0.1) is 5.82 Å². The van der Waals surface area contributed by atoms with Crippen LogP contribution in [0.25, 0.3) is 0 Å². The molecule has 1 atom stereocenters. The fourth-order valence-electron chi connectivity index (χ4n) is 1.71. The maximum Gasteiger partial charge on any atom is 0.326 e. The first-order valence-electron chi connectivity index (χ1n) is 6.08. The SMILES string of the molecule is O=C(Nc1cccc(F)c1)N[C@H](Cc1cnc[nH]1)C(=O)O. The minimum absolute atomic E-state index is 0.0614. The number of imidazole rings is 1. The van der Waals surface area contributed by atoms with Crippen LogP contribution in [0.3, 0.4) is 0 Å². The first kappa shape index (κ1) is 14.5. The first-order chi connectivity index (χ1) is 10.0. The molecule has 0 saturated heterocycles. The molecule has 7 nitrogen and oxygen atoms in total. The summed E-state index contributed by atoms with van der Waals surface area (Å²) >= 11 is 0. The summed E-state index contributed by atoms with van der Waals surface area (Å²) in [6.45, 7) is 0. The van der Waals surface area contributed by atoms with Crippen molar-refractivity contribution in [3.8, 4) is 0 Å². The van der Waals surface area contributed by atoms with Crippen molar-refractivity contribution in [1.29, 1.82) is 0 Å². The summed E-state index contributed by atoms with van der Waals surface area (Å²) in [6.07, 6.45) is 2.95. The number of halogens is 1. The summed E-state index contributed by atoms with van der Waals surface area (Å²) in [5.74, 6) is -1.68. The average Bonchev–Trinajstić information content (AvgIpc) is 2.90. The molecule has 2 rings (SSSR count). The third-order valence-electron chi connectivity index (χ3n) is 2.66. The van der Waals surface area contributed by atoms with Crippen molar-refractivity contribution < 1.29 is 19.1 Å². The molecule has 0 saturated carbocycles. The van der Waals surface area contributed by atoms with E-state index in [2.05, 4.69) is 20.6 Å². The summed E-state index contributed by atoms with van der Waals surface area (Å²) in [5, 5.41) is 13.8. The van der Waals surface area contributed by atoms with E-state index < -0.39 is 23.9 Å². The zero-order valence-electron chi connectivity index (χ0n) is 10.8. The minimum Gasteiger partial charge on any atom is -0.480 e. The standard InChI is InChI=1S/C13H13FN4O3/c14-8-2-1-3-9(4-8)17-13(21)18-11(12(19)20)5-10-6-15-7-16-10/h1-4,6-7,11H,5H2,(H,15,16)(H,19,20)(H2,17,18,21)/t11-/m1/s1. The zero-order valence-corrected chi connectivity index (χ0v) is 10.8. The fourth-order valence-corrected chi connectivity index (χ4v) is 1.71. The van der Waals surface area contributed by atoms with E-state index in [1.807, 2.05) is 0 Å². The second-order valence-electron chi connectivity index (χ2n) is 4.28. The molecule has 21 heavy (non-hydrogen) atoms.